The first-order valence-corrected chi connectivity index (χ1v) is 6.74. The molecule has 1 rings (SSSR count). The van der Waals surface area contributed by atoms with E-state index < -0.39 is 34.4 Å². The predicted octanol–water partition coefficient (Wildman–Crippen LogP) is -0.658. The SMILES string of the molecule is NC(=O)C[C@H](NS(=O)(=O)c1cccnc1Cl)C(=O)O. The fraction of sp³-hybridized carbons (Fsp3) is 0.222. The molecule has 0 aromatic carbocycles. The Kier molecular flexibility index (Phi) is 4.81. The van der Waals surface area contributed by atoms with Gasteiger partial charge in [0, 0.05) is 6.20 Å². The Morgan fingerprint density at radius 1 is 1.53 bits per heavy atom. The molecule has 1 amide bonds. The molecule has 0 spiro atoms. The average molecular weight is 308 g/mol. The number of nitrogens with zero attached hydrogens (tertiary/aromatic N) is 1. The maximum absolute atomic E-state index is 11.9. The number of primary amides is 1. The van der Waals surface area contributed by atoms with E-state index in [9.17, 15) is 18.0 Å². The molecule has 1 heterocycles. The normalized spacial score (nSPS) is 12.9. The number of carbonyl (C=O) groups is 2. The fourth-order valence-corrected chi connectivity index (χ4v) is 2.84. The van der Waals surface area contributed by atoms with Crippen molar-refractivity contribution >= 4 is 33.5 Å². The smallest absolute Gasteiger partial charge is 0.322 e. The fourth-order valence-electron chi connectivity index (χ4n) is 1.20. The molecule has 0 saturated carbocycles. The number of sulfonamides is 1. The third kappa shape index (κ3) is 4.16. The highest BCUT2D eigenvalue weighted by molar-refractivity contribution is 7.89. The Morgan fingerprint density at radius 2 is 2.16 bits per heavy atom. The first-order valence-electron chi connectivity index (χ1n) is 4.88. The van der Waals surface area contributed by atoms with E-state index in [2.05, 4.69) is 4.98 Å². The Labute approximate surface area is 113 Å². The van der Waals surface area contributed by atoms with E-state index in [4.69, 9.17) is 22.4 Å². The van der Waals surface area contributed by atoms with Gasteiger partial charge in [0.25, 0.3) is 0 Å². The molecule has 0 bridgehead atoms. The minimum absolute atomic E-state index is 0.307. The molecule has 0 saturated heterocycles. The third-order valence-corrected chi connectivity index (χ3v) is 3.93. The van der Waals surface area contributed by atoms with Gasteiger partial charge in [-0.15, -0.1) is 0 Å². The van der Waals surface area contributed by atoms with Crippen LogP contribution in [0.3, 0.4) is 0 Å². The number of rotatable bonds is 6. The second-order valence-electron chi connectivity index (χ2n) is 3.47. The van der Waals surface area contributed by atoms with Crippen LogP contribution in [0.25, 0.3) is 0 Å². The quantitative estimate of drug-likeness (QED) is 0.596. The van der Waals surface area contributed by atoms with E-state index in [1.54, 1.807) is 0 Å². The molecule has 19 heavy (non-hydrogen) atoms. The average Bonchev–Trinajstić information content (AvgIpc) is 2.27. The van der Waals surface area contributed by atoms with Crippen molar-refractivity contribution in [3.8, 4) is 0 Å². The molecule has 0 fully saturated rings. The van der Waals surface area contributed by atoms with Crippen molar-refractivity contribution < 1.29 is 23.1 Å². The van der Waals surface area contributed by atoms with Gasteiger partial charge in [0.15, 0.2) is 0 Å². The number of hydrogen-bond donors (Lipinski definition) is 3. The van der Waals surface area contributed by atoms with Crippen molar-refractivity contribution in [3.05, 3.63) is 23.5 Å². The van der Waals surface area contributed by atoms with Gasteiger partial charge in [-0.25, -0.2) is 13.4 Å². The lowest BCUT2D eigenvalue weighted by atomic mass is 10.2. The molecular formula is C9H10ClN3O5S. The number of amides is 1. The first-order chi connectivity index (χ1) is 8.74. The summed E-state index contributed by atoms with van der Waals surface area (Å²) in [5.41, 5.74) is 4.84. The van der Waals surface area contributed by atoms with Gasteiger partial charge in [0.05, 0.1) is 6.42 Å². The summed E-state index contributed by atoms with van der Waals surface area (Å²) in [5, 5.41) is 8.51. The summed E-state index contributed by atoms with van der Waals surface area (Å²) < 4.78 is 25.6. The van der Waals surface area contributed by atoms with Crippen LogP contribution >= 0.6 is 11.6 Å². The number of carbonyl (C=O) groups excluding carboxylic acids is 1. The summed E-state index contributed by atoms with van der Waals surface area (Å²) in [5.74, 6) is -2.48. The second kappa shape index (κ2) is 5.95. The molecule has 10 heteroatoms. The van der Waals surface area contributed by atoms with Gasteiger partial charge in [-0.3, -0.25) is 9.59 Å². The first kappa shape index (κ1) is 15.3. The van der Waals surface area contributed by atoms with Crippen LogP contribution in [0.1, 0.15) is 6.42 Å². The van der Waals surface area contributed by atoms with E-state index in [0.29, 0.717) is 0 Å². The van der Waals surface area contributed by atoms with Gasteiger partial charge < -0.3 is 10.8 Å². The summed E-state index contributed by atoms with van der Waals surface area (Å²) in [4.78, 5) is 24.7. The number of hydrogen-bond acceptors (Lipinski definition) is 5. The summed E-state index contributed by atoms with van der Waals surface area (Å²) in [6, 6.07) is 0.810. The van der Waals surface area contributed by atoms with Crippen LogP contribution < -0.4 is 10.5 Å². The number of carboxylic acid groups (broad SMARTS) is 1. The van der Waals surface area contributed by atoms with E-state index in [1.807, 2.05) is 4.72 Å². The van der Waals surface area contributed by atoms with Crippen LogP contribution in [0.2, 0.25) is 5.15 Å². The summed E-state index contributed by atoms with van der Waals surface area (Å²) in [7, 11) is -4.21. The molecule has 8 nitrogen and oxygen atoms in total. The molecular weight excluding hydrogens is 298 g/mol. The van der Waals surface area contributed by atoms with Crippen LogP contribution in [-0.2, 0) is 19.6 Å². The third-order valence-electron chi connectivity index (χ3n) is 2.02. The van der Waals surface area contributed by atoms with Gasteiger partial charge in [-0.2, -0.15) is 4.72 Å². The zero-order valence-electron chi connectivity index (χ0n) is 9.41. The maximum atomic E-state index is 11.9. The number of carboxylic acids is 1. The number of aromatic nitrogens is 1. The van der Waals surface area contributed by atoms with Crippen molar-refractivity contribution in [3.63, 3.8) is 0 Å². The monoisotopic (exact) mass is 307 g/mol. The molecule has 104 valence electrons. The summed E-state index contributed by atoms with van der Waals surface area (Å²) >= 11 is 5.61. The summed E-state index contributed by atoms with van der Waals surface area (Å²) in [6.45, 7) is 0. The number of pyridine rings is 1. The van der Waals surface area contributed by atoms with Gasteiger partial charge in [0.1, 0.15) is 16.1 Å². The van der Waals surface area contributed by atoms with E-state index in [1.165, 1.54) is 12.3 Å². The Morgan fingerprint density at radius 3 is 2.63 bits per heavy atom. The van der Waals surface area contributed by atoms with E-state index >= 15 is 0 Å². The number of nitrogens with two attached hydrogens (primary N) is 1. The molecule has 0 aliphatic heterocycles. The minimum atomic E-state index is -4.21. The van der Waals surface area contributed by atoms with Crippen molar-refractivity contribution in [2.45, 2.75) is 17.4 Å². The minimum Gasteiger partial charge on any atom is -0.480 e. The lowest BCUT2D eigenvalue weighted by molar-refractivity contribution is -0.140. The molecule has 0 aliphatic carbocycles. The van der Waals surface area contributed by atoms with Gasteiger partial charge in [0.2, 0.25) is 15.9 Å². The Balaban J connectivity index is 3.04. The molecule has 0 unspecified atom stereocenters. The molecule has 0 radical (unpaired) electrons. The molecule has 1 atom stereocenters. The van der Waals surface area contributed by atoms with Crippen LogP contribution in [0.15, 0.2) is 23.2 Å². The van der Waals surface area contributed by atoms with E-state index in [0.717, 1.165) is 6.07 Å². The molecule has 4 N–H and O–H groups in total. The zero-order chi connectivity index (χ0) is 14.6. The highest BCUT2D eigenvalue weighted by atomic mass is 35.5. The largest absolute Gasteiger partial charge is 0.480 e. The lowest BCUT2D eigenvalue weighted by Crippen LogP contribution is -2.43. The van der Waals surface area contributed by atoms with Crippen LogP contribution in [0.5, 0.6) is 0 Å². The maximum Gasteiger partial charge on any atom is 0.322 e. The highest BCUT2D eigenvalue weighted by Gasteiger charge is 2.28. The van der Waals surface area contributed by atoms with Crippen molar-refractivity contribution in [2.75, 3.05) is 0 Å². The number of aliphatic carboxylic acids is 1. The van der Waals surface area contributed by atoms with E-state index in [-0.39, 0.29) is 10.0 Å². The number of halogens is 1. The van der Waals surface area contributed by atoms with Crippen molar-refractivity contribution in [1.82, 2.24) is 9.71 Å². The van der Waals surface area contributed by atoms with Crippen LogP contribution in [0.4, 0.5) is 0 Å². The van der Waals surface area contributed by atoms with Gasteiger partial charge in [-0.05, 0) is 12.1 Å². The van der Waals surface area contributed by atoms with Gasteiger partial charge in [-0.1, -0.05) is 11.6 Å². The molecule has 1 aromatic rings. The zero-order valence-corrected chi connectivity index (χ0v) is 11.0. The summed E-state index contributed by atoms with van der Waals surface area (Å²) in [6.07, 6.45) is 0.603. The second-order valence-corrected chi connectivity index (χ2v) is 5.52. The molecule has 1 aromatic heterocycles. The van der Waals surface area contributed by atoms with Gasteiger partial charge >= 0.3 is 5.97 Å². The number of nitrogens with one attached hydrogen (secondary N) is 1. The topological polar surface area (TPSA) is 139 Å². The Bertz CT molecular complexity index is 604. The van der Waals surface area contributed by atoms with Crippen LogP contribution in [-0.4, -0.2) is 36.4 Å². The highest BCUT2D eigenvalue weighted by Crippen LogP contribution is 2.18. The lowest BCUT2D eigenvalue weighted by Gasteiger charge is -2.13. The molecule has 0 aliphatic rings. The Hall–Kier alpha value is -1.71. The van der Waals surface area contributed by atoms with Crippen LogP contribution in [0, 0.1) is 0 Å². The van der Waals surface area contributed by atoms with Crippen molar-refractivity contribution in [1.29, 1.82) is 0 Å². The standard InChI is InChI=1S/C9H10ClN3O5S/c10-8-6(2-1-3-12-8)19(17,18)13-5(9(15)16)4-7(11)14/h1-3,5,13H,4H2,(H2,11,14)(H,15,16)/t5-/m0/s1. The predicted molar refractivity (Wildman–Crippen MR) is 64.8 cm³/mol. The van der Waals surface area contributed by atoms with Crippen molar-refractivity contribution in [2.24, 2.45) is 5.73 Å².